The third-order valence-electron chi connectivity index (χ3n) is 0.500. The van der Waals surface area contributed by atoms with Crippen LogP contribution in [0.3, 0.4) is 0 Å². The minimum Gasteiger partial charge on any atom is -0.0654 e. The molecule has 1 heteroatoms. The normalized spacial score (nSPS) is 6.00. The van der Waals surface area contributed by atoms with E-state index in [1.54, 1.807) is 0 Å². The van der Waals surface area contributed by atoms with Gasteiger partial charge in [-0.1, -0.05) is 26.7 Å². The van der Waals surface area contributed by atoms with Crippen molar-refractivity contribution >= 4 is 0 Å². The summed E-state index contributed by atoms with van der Waals surface area (Å²) in [7, 11) is 0. The van der Waals surface area contributed by atoms with Crippen LogP contribution in [0, 0.1) is 0 Å². The first-order valence-corrected chi connectivity index (χ1v) is 1.91. The number of hydrogen-bond donors (Lipinski definition) is 0. The summed E-state index contributed by atoms with van der Waals surface area (Å²) in [4.78, 5) is 0. The number of hydrogen-bond acceptors (Lipinski definition) is 0. The van der Waals surface area contributed by atoms with Gasteiger partial charge in [-0.25, -0.2) is 0 Å². The molecule has 5 heavy (non-hydrogen) atoms. The maximum Gasteiger partial charge on any atom is 0 e. The standard InChI is InChI=1S/C4H10.Pt/c1-3-4-2;/h3-4H2,1-2H3;. The molecule has 0 aromatic heterocycles. The Kier molecular flexibility index (Phi) is 16.2. The van der Waals surface area contributed by atoms with E-state index < -0.39 is 0 Å². The van der Waals surface area contributed by atoms with E-state index in [4.69, 9.17) is 0 Å². The molecule has 0 saturated carbocycles. The van der Waals surface area contributed by atoms with E-state index in [0.717, 1.165) is 0 Å². The van der Waals surface area contributed by atoms with Gasteiger partial charge >= 0.3 is 0 Å². The molecule has 0 heterocycles. The van der Waals surface area contributed by atoms with Crippen molar-refractivity contribution in [3.05, 3.63) is 0 Å². The van der Waals surface area contributed by atoms with Crippen molar-refractivity contribution in [3.8, 4) is 0 Å². The van der Waals surface area contributed by atoms with Crippen LogP contribution in [0.2, 0.25) is 0 Å². The first-order valence-electron chi connectivity index (χ1n) is 1.91. The van der Waals surface area contributed by atoms with Gasteiger partial charge in [0.2, 0.25) is 0 Å². The summed E-state index contributed by atoms with van der Waals surface area (Å²) in [5.41, 5.74) is 0. The molecule has 0 rings (SSSR count). The zero-order chi connectivity index (χ0) is 3.41. The average molecular weight is 253 g/mol. The van der Waals surface area contributed by atoms with Crippen LogP contribution in [-0.4, -0.2) is 0 Å². The predicted octanol–water partition coefficient (Wildman–Crippen LogP) is 1.80. The molecule has 0 atom stereocenters. The molecule has 0 aliphatic carbocycles. The van der Waals surface area contributed by atoms with Crippen molar-refractivity contribution in [2.45, 2.75) is 26.7 Å². The van der Waals surface area contributed by atoms with Gasteiger partial charge in [-0.15, -0.1) is 0 Å². The van der Waals surface area contributed by atoms with Crippen LogP contribution < -0.4 is 0 Å². The summed E-state index contributed by atoms with van der Waals surface area (Å²) >= 11 is 0. The van der Waals surface area contributed by atoms with Crippen LogP contribution >= 0.6 is 0 Å². The van der Waals surface area contributed by atoms with Gasteiger partial charge in [-0.05, 0) is 0 Å². The van der Waals surface area contributed by atoms with Gasteiger partial charge < -0.3 is 0 Å². The van der Waals surface area contributed by atoms with E-state index >= 15 is 0 Å². The fourth-order valence-electron chi connectivity index (χ4n) is 0. The van der Waals surface area contributed by atoms with Crippen molar-refractivity contribution in [3.63, 3.8) is 0 Å². The summed E-state index contributed by atoms with van der Waals surface area (Å²) in [5.74, 6) is 0. The van der Waals surface area contributed by atoms with E-state index in [2.05, 4.69) is 13.8 Å². The van der Waals surface area contributed by atoms with E-state index in [1.807, 2.05) is 0 Å². The van der Waals surface area contributed by atoms with Crippen LogP contribution in [0.25, 0.3) is 0 Å². The fraction of sp³-hybridized carbons (Fsp3) is 1.00. The fourth-order valence-corrected chi connectivity index (χ4v) is 0. The van der Waals surface area contributed by atoms with Gasteiger partial charge in [-0.2, -0.15) is 0 Å². The first kappa shape index (κ1) is 9.19. The van der Waals surface area contributed by atoms with Crippen LogP contribution in [0.4, 0.5) is 0 Å². The van der Waals surface area contributed by atoms with Crippen molar-refractivity contribution in [1.82, 2.24) is 0 Å². The predicted molar refractivity (Wildman–Crippen MR) is 20.6 cm³/mol. The molecule has 36 valence electrons. The minimum atomic E-state index is 0. The zero-order valence-electron chi connectivity index (χ0n) is 3.73. The third kappa shape index (κ3) is 11.9. The Morgan fingerprint density at radius 3 is 1.20 bits per heavy atom. The maximum absolute atomic E-state index is 2.18. The Labute approximate surface area is 48.2 Å². The second-order valence-corrected chi connectivity index (χ2v) is 1.000. The Morgan fingerprint density at radius 1 is 1.00 bits per heavy atom. The molecule has 0 nitrogen and oxygen atoms in total. The Bertz CT molecular complexity index is 5.61. The summed E-state index contributed by atoms with van der Waals surface area (Å²) in [6.45, 7) is 4.36. The van der Waals surface area contributed by atoms with E-state index in [0.29, 0.717) is 0 Å². The van der Waals surface area contributed by atoms with Crippen molar-refractivity contribution in [2.24, 2.45) is 0 Å². The summed E-state index contributed by atoms with van der Waals surface area (Å²) in [5, 5.41) is 0. The van der Waals surface area contributed by atoms with Crippen molar-refractivity contribution in [2.75, 3.05) is 0 Å². The summed E-state index contributed by atoms with van der Waals surface area (Å²) < 4.78 is 0. The van der Waals surface area contributed by atoms with Gasteiger partial charge in [0.15, 0.2) is 0 Å². The SMILES string of the molecule is CCCC.[Pt]. The minimum absolute atomic E-state index is 0. The van der Waals surface area contributed by atoms with E-state index in [-0.39, 0.29) is 21.1 Å². The second kappa shape index (κ2) is 8.82. The van der Waals surface area contributed by atoms with Gasteiger partial charge in [-0.3, -0.25) is 0 Å². The van der Waals surface area contributed by atoms with Crippen LogP contribution in [0.15, 0.2) is 0 Å². The number of rotatable bonds is 1. The largest absolute Gasteiger partial charge is 0.0654 e. The molecule has 0 aromatic rings. The zero-order valence-corrected chi connectivity index (χ0v) is 6.00. The van der Waals surface area contributed by atoms with Crippen molar-refractivity contribution in [1.29, 1.82) is 0 Å². The molecule has 0 spiro atoms. The number of unbranched alkanes of at least 4 members (excludes halogenated alkanes) is 1. The molecule has 0 aliphatic heterocycles. The van der Waals surface area contributed by atoms with Gasteiger partial charge in [0, 0.05) is 21.1 Å². The van der Waals surface area contributed by atoms with Gasteiger partial charge in [0.05, 0.1) is 0 Å². The molecule has 0 unspecified atom stereocenters. The molecule has 0 fully saturated rings. The van der Waals surface area contributed by atoms with Gasteiger partial charge in [0.1, 0.15) is 0 Å². The molecule has 0 N–H and O–H groups in total. The van der Waals surface area contributed by atoms with Crippen LogP contribution in [-0.2, 0) is 21.1 Å². The average Bonchev–Trinajstić information content (AvgIpc) is 1.37. The van der Waals surface area contributed by atoms with Gasteiger partial charge in [0.25, 0.3) is 0 Å². The monoisotopic (exact) mass is 253 g/mol. The Balaban J connectivity index is 0. The third-order valence-corrected chi connectivity index (χ3v) is 0.500. The molecule has 0 radical (unpaired) electrons. The molecular formula is C4H10Pt. The second-order valence-electron chi connectivity index (χ2n) is 1.000. The topological polar surface area (TPSA) is 0 Å². The summed E-state index contributed by atoms with van der Waals surface area (Å²) in [6.07, 6.45) is 2.64. The van der Waals surface area contributed by atoms with E-state index in [1.165, 1.54) is 12.8 Å². The van der Waals surface area contributed by atoms with Crippen LogP contribution in [0.5, 0.6) is 0 Å². The smallest absolute Gasteiger partial charge is 0 e. The Morgan fingerprint density at radius 2 is 1.20 bits per heavy atom. The van der Waals surface area contributed by atoms with E-state index in [9.17, 15) is 0 Å². The molecular weight excluding hydrogens is 243 g/mol. The Hall–Kier alpha value is 0.688. The maximum atomic E-state index is 2.18. The molecule has 0 bridgehead atoms. The first-order chi connectivity index (χ1) is 1.91. The molecule has 0 saturated heterocycles. The molecule has 0 aliphatic rings. The van der Waals surface area contributed by atoms with Crippen LogP contribution in [0.1, 0.15) is 26.7 Å². The van der Waals surface area contributed by atoms with Crippen molar-refractivity contribution < 1.29 is 21.1 Å². The summed E-state index contributed by atoms with van der Waals surface area (Å²) in [6, 6.07) is 0. The molecule has 0 aromatic carbocycles. The quantitative estimate of drug-likeness (QED) is 0.668. The molecule has 0 amide bonds.